The second-order valence-corrected chi connectivity index (χ2v) is 9.49. The van der Waals surface area contributed by atoms with Crippen molar-refractivity contribution in [3.63, 3.8) is 0 Å². The molecule has 1 saturated carbocycles. The quantitative estimate of drug-likeness (QED) is 0.436. The van der Waals surface area contributed by atoms with E-state index in [1.54, 1.807) is 19.2 Å². The molecule has 1 heterocycles. The summed E-state index contributed by atoms with van der Waals surface area (Å²) in [4.78, 5) is 11.7. The van der Waals surface area contributed by atoms with Gasteiger partial charge in [-0.1, -0.05) is 49.4 Å². The molecule has 0 spiro atoms. The van der Waals surface area contributed by atoms with Crippen molar-refractivity contribution in [2.45, 2.75) is 44.8 Å². The van der Waals surface area contributed by atoms with E-state index >= 15 is 0 Å². The molecule has 2 aliphatic rings. The van der Waals surface area contributed by atoms with Crippen molar-refractivity contribution in [2.75, 3.05) is 7.11 Å². The zero-order chi connectivity index (χ0) is 23.8. The third kappa shape index (κ3) is 4.45. The SMILES string of the molecule is COc1ccc(F)c(-c2ccc([C@@H]3Cc4cc([C@H](C5CC5)[C@H](C)C(=O)O)ccc4CO3)cc2)c1. The minimum absolute atomic E-state index is 0.0566. The largest absolute Gasteiger partial charge is 0.497 e. The van der Waals surface area contributed by atoms with Crippen LogP contribution in [0.25, 0.3) is 11.1 Å². The van der Waals surface area contributed by atoms with E-state index in [0.29, 0.717) is 23.8 Å². The van der Waals surface area contributed by atoms with Gasteiger partial charge >= 0.3 is 5.97 Å². The molecule has 0 bridgehead atoms. The maximum absolute atomic E-state index is 14.4. The Morgan fingerprint density at radius 2 is 1.82 bits per heavy atom. The molecule has 4 nitrogen and oxygen atoms in total. The fraction of sp³-hybridized carbons (Fsp3) is 0.345. The summed E-state index contributed by atoms with van der Waals surface area (Å²) < 4.78 is 25.8. The maximum atomic E-state index is 14.4. The van der Waals surface area contributed by atoms with Gasteiger partial charge in [0.2, 0.25) is 0 Å². The van der Waals surface area contributed by atoms with Crippen LogP contribution < -0.4 is 4.74 Å². The first-order chi connectivity index (χ1) is 16.4. The van der Waals surface area contributed by atoms with Crippen molar-refractivity contribution in [3.05, 3.63) is 88.7 Å². The standard InChI is InChI=1S/C29H29FO4/c1-17(29(31)32)28(20-7-8-20)21-9-10-22-16-34-27(14-23(22)13-21)19-5-3-18(4-6-19)25-15-24(33-2)11-12-26(25)30/h3-6,9-13,15,17,20,27-28H,7-8,14,16H2,1-2H3,(H,31,32)/t17-,27-,28-/m0/s1. The summed E-state index contributed by atoms with van der Waals surface area (Å²) in [5, 5.41) is 9.62. The molecule has 0 radical (unpaired) electrons. The van der Waals surface area contributed by atoms with Crippen LogP contribution in [0.3, 0.4) is 0 Å². The van der Waals surface area contributed by atoms with Gasteiger partial charge in [-0.25, -0.2) is 4.39 Å². The summed E-state index contributed by atoms with van der Waals surface area (Å²) in [6, 6.07) is 18.9. The highest BCUT2D eigenvalue weighted by Crippen LogP contribution is 2.47. The van der Waals surface area contributed by atoms with Gasteiger partial charge in [-0.2, -0.15) is 0 Å². The number of carboxylic acid groups (broad SMARTS) is 1. The van der Waals surface area contributed by atoms with Gasteiger partial charge in [-0.15, -0.1) is 0 Å². The Hall–Kier alpha value is -3.18. The lowest BCUT2D eigenvalue weighted by molar-refractivity contribution is -0.142. The summed E-state index contributed by atoms with van der Waals surface area (Å²) >= 11 is 0. The smallest absolute Gasteiger partial charge is 0.306 e. The minimum Gasteiger partial charge on any atom is -0.497 e. The number of benzene rings is 3. The third-order valence-electron chi connectivity index (χ3n) is 7.29. The molecule has 5 heteroatoms. The Morgan fingerprint density at radius 3 is 2.50 bits per heavy atom. The van der Waals surface area contributed by atoms with Gasteiger partial charge in [-0.3, -0.25) is 4.79 Å². The number of methoxy groups -OCH3 is 1. The van der Waals surface area contributed by atoms with Crippen LogP contribution in [0.15, 0.2) is 60.7 Å². The van der Waals surface area contributed by atoms with Gasteiger partial charge in [-0.05, 0) is 70.7 Å². The van der Waals surface area contributed by atoms with Crippen molar-refractivity contribution < 1.29 is 23.8 Å². The average molecular weight is 461 g/mol. The summed E-state index contributed by atoms with van der Waals surface area (Å²) in [6.07, 6.45) is 2.84. The molecule has 0 amide bonds. The Bertz CT molecular complexity index is 1200. The molecule has 34 heavy (non-hydrogen) atoms. The van der Waals surface area contributed by atoms with E-state index in [1.165, 1.54) is 11.6 Å². The van der Waals surface area contributed by atoms with Gasteiger partial charge < -0.3 is 14.6 Å². The highest BCUT2D eigenvalue weighted by Gasteiger charge is 2.39. The number of aliphatic carboxylic acids is 1. The molecule has 5 rings (SSSR count). The number of fused-ring (bicyclic) bond motifs is 1. The Balaban J connectivity index is 1.37. The highest BCUT2D eigenvalue weighted by atomic mass is 19.1. The van der Waals surface area contributed by atoms with E-state index in [4.69, 9.17) is 9.47 Å². The number of halogens is 1. The van der Waals surface area contributed by atoms with Crippen molar-refractivity contribution in [1.29, 1.82) is 0 Å². The lowest BCUT2D eigenvalue weighted by Gasteiger charge is -2.28. The van der Waals surface area contributed by atoms with Gasteiger partial charge in [0.1, 0.15) is 11.6 Å². The lowest BCUT2D eigenvalue weighted by atomic mass is 9.81. The number of carboxylic acids is 1. The lowest BCUT2D eigenvalue weighted by Crippen LogP contribution is -2.22. The van der Waals surface area contributed by atoms with Crippen molar-refractivity contribution >= 4 is 5.97 Å². The molecular formula is C29H29FO4. The van der Waals surface area contributed by atoms with E-state index in [2.05, 4.69) is 18.2 Å². The molecule has 1 fully saturated rings. The fourth-order valence-electron chi connectivity index (χ4n) is 5.16. The van der Waals surface area contributed by atoms with E-state index in [-0.39, 0.29) is 17.8 Å². The molecule has 0 unspecified atom stereocenters. The van der Waals surface area contributed by atoms with Crippen LogP contribution in [0.2, 0.25) is 0 Å². The molecule has 176 valence electrons. The first kappa shape index (κ1) is 22.6. The minimum atomic E-state index is -0.733. The predicted octanol–water partition coefficient (Wildman–Crippen LogP) is 6.53. The first-order valence-electron chi connectivity index (χ1n) is 11.8. The van der Waals surface area contributed by atoms with Crippen LogP contribution in [0.5, 0.6) is 5.75 Å². The summed E-state index contributed by atoms with van der Waals surface area (Å²) in [5.74, 6) is -0.283. The summed E-state index contributed by atoms with van der Waals surface area (Å²) in [6.45, 7) is 2.35. The average Bonchev–Trinajstić information content (AvgIpc) is 3.69. The van der Waals surface area contributed by atoms with Crippen LogP contribution in [0.1, 0.15) is 54.0 Å². The zero-order valence-electron chi connectivity index (χ0n) is 19.5. The zero-order valence-corrected chi connectivity index (χ0v) is 19.5. The van der Waals surface area contributed by atoms with Gasteiger partial charge in [0.05, 0.1) is 25.7 Å². The number of rotatable bonds is 7. The van der Waals surface area contributed by atoms with Crippen molar-refractivity contribution in [1.82, 2.24) is 0 Å². The van der Waals surface area contributed by atoms with Crippen molar-refractivity contribution in [2.24, 2.45) is 11.8 Å². The molecule has 0 saturated heterocycles. The van der Waals surface area contributed by atoms with Crippen molar-refractivity contribution in [3.8, 4) is 16.9 Å². The van der Waals surface area contributed by atoms with Crippen LogP contribution in [0, 0.1) is 17.7 Å². The molecule has 3 aromatic carbocycles. The molecular weight excluding hydrogens is 431 g/mol. The number of ether oxygens (including phenoxy) is 2. The molecule has 3 atom stereocenters. The second-order valence-electron chi connectivity index (χ2n) is 9.49. The summed E-state index contributed by atoms with van der Waals surface area (Å²) in [5.41, 5.74) is 5.84. The van der Waals surface area contributed by atoms with Crippen LogP contribution in [-0.4, -0.2) is 18.2 Å². The summed E-state index contributed by atoms with van der Waals surface area (Å²) in [7, 11) is 1.57. The highest BCUT2D eigenvalue weighted by molar-refractivity contribution is 5.71. The third-order valence-corrected chi connectivity index (χ3v) is 7.29. The Labute approximate surface area is 199 Å². The molecule has 1 aliphatic carbocycles. The van der Waals surface area contributed by atoms with Crippen LogP contribution >= 0.6 is 0 Å². The first-order valence-corrected chi connectivity index (χ1v) is 11.8. The Kier molecular flexibility index (Phi) is 6.13. The monoisotopic (exact) mass is 460 g/mol. The van der Waals surface area contributed by atoms with Gasteiger partial charge in [0.15, 0.2) is 0 Å². The van der Waals surface area contributed by atoms with Gasteiger partial charge in [0, 0.05) is 12.0 Å². The molecule has 0 aromatic heterocycles. The van der Waals surface area contributed by atoms with E-state index in [0.717, 1.165) is 41.5 Å². The number of hydrogen-bond acceptors (Lipinski definition) is 3. The van der Waals surface area contributed by atoms with E-state index in [1.807, 2.05) is 31.2 Å². The van der Waals surface area contributed by atoms with E-state index < -0.39 is 11.9 Å². The molecule has 1 aliphatic heterocycles. The van der Waals surface area contributed by atoms with Gasteiger partial charge in [0.25, 0.3) is 0 Å². The van der Waals surface area contributed by atoms with E-state index in [9.17, 15) is 14.3 Å². The number of carbonyl (C=O) groups is 1. The molecule has 3 aromatic rings. The second kappa shape index (κ2) is 9.22. The topological polar surface area (TPSA) is 55.8 Å². The normalized spacial score (nSPS) is 19.2. The number of hydrogen-bond donors (Lipinski definition) is 1. The fourth-order valence-corrected chi connectivity index (χ4v) is 5.16. The predicted molar refractivity (Wildman–Crippen MR) is 128 cm³/mol. The van der Waals surface area contributed by atoms with Crippen LogP contribution in [-0.2, 0) is 22.6 Å². The Morgan fingerprint density at radius 1 is 1.06 bits per heavy atom. The molecule has 1 N–H and O–H groups in total. The van der Waals surface area contributed by atoms with Crippen LogP contribution in [0.4, 0.5) is 4.39 Å². The maximum Gasteiger partial charge on any atom is 0.306 e.